The standard InChI is InChI=1S/C15H15BrClNS/c16-14-7-12(17)5-4-11(14)8-18-9-13-6-10-2-1-3-15(10)19-13/h4-7,18H,1-3,8-9H2. The van der Waals surface area contributed by atoms with Gasteiger partial charge in [-0.3, -0.25) is 0 Å². The quantitative estimate of drug-likeness (QED) is 0.818. The van der Waals surface area contributed by atoms with Crippen molar-refractivity contribution in [1.29, 1.82) is 0 Å². The minimum absolute atomic E-state index is 0.769. The van der Waals surface area contributed by atoms with Gasteiger partial charge in [0, 0.05) is 32.3 Å². The number of halogens is 2. The van der Waals surface area contributed by atoms with Crippen molar-refractivity contribution in [3.8, 4) is 0 Å². The molecule has 4 heteroatoms. The van der Waals surface area contributed by atoms with Gasteiger partial charge in [-0.25, -0.2) is 0 Å². The molecule has 19 heavy (non-hydrogen) atoms. The van der Waals surface area contributed by atoms with Crippen LogP contribution in [0.3, 0.4) is 0 Å². The first-order valence-corrected chi connectivity index (χ1v) is 8.46. The Bertz CT molecular complexity index is 572. The first-order chi connectivity index (χ1) is 9.22. The van der Waals surface area contributed by atoms with Gasteiger partial charge in [-0.15, -0.1) is 11.3 Å². The van der Waals surface area contributed by atoms with Crippen molar-refractivity contribution in [1.82, 2.24) is 5.32 Å². The van der Waals surface area contributed by atoms with Crippen molar-refractivity contribution < 1.29 is 0 Å². The van der Waals surface area contributed by atoms with Gasteiger partial charge in [0.05, 0.1) is 0 Å². The third-order valence-corrected chi connectivity index (χ3v) is 5.64. The summed E-state index contributed by atoms with van der Waals surface area (Å²) in [5.74, 6) is 0. The highest BCUT2D eigenvalue weighted by Gasteiger charge is 2.14. The lowest BCUT2D eigenvalue weighted by molar-refractivity contribution is 0.698. The van der Waals surface area contributed by atoms with E-state index in [0.29, 0.717) is 0 Å². The van der Waals surface area contributed by atoms with Crippen molar-refractivity contribution in [3.05, 3.63) is 54.6 Å². The van der Waals surface area contributed by atoms with E-state index in [9.17, 15) is 0 Å². The highest BCUT2D eigenvalue weighted by molar-refractivity contribution is 9.10. The predicted octanol–water partition coefficient (Wildman–Crippen LogP) is 4.94. The molecular weight excluding hydrogens is 342 g/mol. The average molecular weight is 357 g/mol. The molecule has 1 nitrogen and oxygen atoms in total. The van der Waals surface area contributed by atoms with Crippen LogP contribution in [0.2, 0.25) is 5.02 Å². The maximum absolute atomic E-state index is 5.94. The van der Waals surface area contributed by atoms with Gasteiger partial charge in [0.25, 0.3) is 0 Å². The van der Waals surface area contributed by atoms with Crippen LogP contribution in [0.1, 0.15) is 27.3 Å². The van der Waals surface area contributed by atoms with Crippen molar-refractivity contribution in [2.45, 2.75) is 32.4 Å². The maximum atomic E-state index is 5.94. The first-order valence-electron chi connectivity index (χ1n) is 6.47. The smallest absolute Gasteiger partial charge is 0.0417 e. The molecule has 1 aliphatic rings. The number of benzene rings is 1. The molecule has 0 unspecified atom stereocenters. The number of hydrogen-bond acceptors (Lipinski definition) is 2. The molecule has 1 aromatic carbocycles. The lowest BCUT2D eigenvalue weighted by Gasteiger charge is -2.06. The molecule has 0 spiro atoms. The van der Waals surface area contributed by atoms with Gasteiger partial charge in [-0.05, 0) is 48.6 Å². The highest BCUT2D eigenvalue weighted by Crippen LogP contribution is 2.30. The molecule has 1 aliphatic carbocycles. The lowest BCUT2D eigenvalue weighted by atomic mass is 10.2. The number of rotatable bonds is 4. The van der Waals surface area contributed by atoms with Gasteiger partial charge in [0.15, 0.2) is 0 Å². The van der Waals surface area contributed by atoms with E-state index in [1.807, 2.05) is 23.5 Å². The second-order valence-electron chi connectivity index (χ2n) is 4.85. The molecule has 0 amide bonds. The van der Waals surface area contributed by atoms with E-state index in [1.54, 1.807) is 10.4 Å². The normalized spacial score (nSPS) is 13.8. The summed E-state index contributed by atoms with van der Waals surface area (Å²) in [6, 6.07) is 8.31. The van der Waals surface area contributed by atoms with Gasteiger partial charge < -0.3 is 5.32 Å². The van der Waals surface area contributed by atoms with Crippen molar-refractivity contribution in [2.24, 2.45) is 0 Å². The fourth-order valence-electron chi connectivity index (χ4n) is 2.46. The minimum atomic E-state index is 0.769. The summed E-state index contributed by atoms with van der Waals surface area (Å²) >= 11 is 11.5. The summed E-state index contributed by atoms with van der Waals surface area (Å²) in [6.45, 7) is 1.81. The zero-order valence-corrected chi connectivity index (χ0v) is 13.7. The summed E-state index contributed by atoms with van der Waals surface area (Å²) in [5, 5.41) is 4.27. The van der Waals surface area contributed by atoms with E-state index in [-0.39, 0.29) is 0 Å². The van der Waals surface area contributed by atoms with Gasteiger partial charge >= 0.3 is 0 Å². The molecule has 1 N–H and O–H groups in total. The van der Waals surface area contributed by atoms with Gasteiger partial charge in [0.2, 0.25) is 0 Å². The van der Waals surface area contributed by atoms with E-state index < -0.39 is 0 Å². The van der Waals surface area contributed by atoms with Crippen molar-refractivity contribution in [2.75, 3.05) is 0 Å². The Balaban J connectivity index is 1.57. The van der Waals surface area contributed by atoms with Crippen LogP contribution in [0.5, 0.6) is 0 Å². The van der Waals surface area contributed by atoms with Gasteiger partial charge in [-0.2, -0.15) is 0 Å². The van der Waals surface area contributed by atoms with Crippen LogP contribution in [0.15, 0.2) is 28.7 Å². The van der Waals surface area contributed by atoms with Crippen LogP contribution < -0.4 is 5.32 Å². The summed E-state index contributed by atoms with van der Waals surface area (Å²) in [4.78, 5) is 3.05. The van der Waals surface area contributed by atoms with Crippen LogP contribution in [-0.4, -0.2) is 0 Å². The van der Waals surface area contributed by atoms with E-state index in [2.05, 4.69) is 33.4 Å². The number of aryl methyl sites for hydroxylation is 2. The van der Waals surface area contributed by atoms with Crippen LogP contribution in [-0.2, 0) is 25.9 Å². The number of thiophene rings is 1. The lowest BCUT2D eigenvalue weighted by Crippen LogP contribution is -2.12. The molecule has 3 rings (SSSR count). The van der Waals surface area contributed by atoms with E-state index in [0.717, 1.165) is 22.6 Å². The first kappa shape index (κ1) is 13.6. The van der Waals surface area contributed by atoms with Crippen LogP contribution >= 0.6 is 38.9 Å². The van der Waals surface area contributed by atoms with Crippen molar-refractivity contribution >= 4 is 38.9 Å². The molecule has 0 atom stereocenters. The molecule has 0 fully saturated rings. The largest absolute Gasteiger partial charge is 0.308 e. The molecule has 1 aromatic heterocycles. The number of fused-ring (bicyclic) bond motifs is 1. The van der Waals surface area contributed by atoms with Crippen LogP contribution in [0.25, 0.3) is 0 Å². The Hall–Kier alpha value is -0.350. The summed E-state index contributed by atoms with van der Waals surface area (Å²) in [5.41, 5.74) is 2.82. The zero-order chi connectivity index (χ0) is 13.2. The molecule has 0 radical (unpaired) electrons. The molecule has 100 valence electrons. The predicted molar refractivity (Wildman–Crippen MR) is 86.0 cm³/mol. The molecule has 0 saturated carbocycles. The fraction of sp³-hybridized carbons (Fsp3) is 0.333. The molecule has 0 saturated heterocycles. The monoisotopic (exact) mass is 355 g/mol. The van der Waals surface area contributed by atoms with Crippen LogP contribution in [0, 0.1) is 0 Å². The summed E-state index contributed by atoms with van der Waals surface area (Å²) < 4.78 is 1.07. The summed E-state index contributed by atoms with van der Waals surface area (Å²) in [6.07, 6.45) is 3.89. The molecule has 2 aromatic rings. The zero-order valence-electron chi connectivity index (χ0n) is 10.5. The second kappa shape index (κ2) is 5.96. The Morgan fingerprint density at radius 2 is 2.11 bits per heavy atom. The third kappa shape index (κ3) is 3.22. The Kier molecular flexibility index (Phi) is 4.27. The van der Waals surface area contributed by atoms with Crippen molar-refractivity contribution in [3.63, 3.8) is 0 Å². The van der Waals surface area contributed by atoms with Gasteiger partial charge in [-0.1, -0.05) is 33.6 Å². The Labute approximate surface area is 131 Å². The van der Waals surface area contributed by atoms with E-state index >= 15 is 0 Å². The molecule has 0 aliphatic heterocycles. The second-order valence-corrected chi connectivity index (χ2v) is 7.37. The number of hydrogen-bond donors (Lipinski definition) is 1. The Morgan fingerprint density at radius 3 is 2.89 bits per heavy atom. The average Bonchev–Trinajstić information content (AvgIpc) is 2.92. The maximum Gasteiger partial charge on any atom is 0.0417 e. The topological polar surface area (TPSA) is 12.0 Å². The molecule has 1 heterocycles. The fourth-order valence-corrected chi connectivity index (χ4v) is 4.52. The third-order valence-electron chi connectivity index (χ3n) is 3.43. The Morgan fingerprint density at radius 1 is 1.21 bits per heavy atom. The van der Waals surface area contributed by atoms with Gasteiger partial charge in [0.1, 0.15) is 0 Å². The number of nitrogens with one attached hydrogen (secondary N) is 1. The van der Waals surface area contributed by atoms with E-state index in [1.165, 1.54) is 29.7 Å². The van der Waals surface area contributed by atoms with E-state index in [4.69, 9.17) is 11.6 Å². The SMILES string of the molecule is Clc1ccc(CNCc2cc3c(s2)CCC3)c(Br)c1. The molecular formula is C15H15BrClNS. The molecule has 0 bridgehead atoms. The minimum Gasteiger partial charge on any atom is -0.308 e. The highest BCUT2D eigenvalue weighted by atomic mass is 79.9. The summed E-state index contributed by atoms with van der Waals surface area (Å²) in [7, 11) is 0. The van der Waals surface area contributed by atoms with Crippen LogP contribution in [0.4, 0.5) is 0 Å².